The second-order valence-electron chi connectivity index (χ2n) is 4.93. The topological polar surface area (TPSA) is 62.1 Å². The highest BCUT2D eigenvalue weighted by Gasteiger charge is 2.29. The zero-order chi connectivity index (χ0) is 14.7. The summed E-state index contributed by atoms with van der Waals surface area (Å²) < 4.78 is 5.52. The number of para-hydroxylation sites is 1. The molecule has 2 aromatic rings. The molecule has 3 rings (SSSR count). The lowest BCUT2D eigenvalue weighted by atomic mass is 10.0. The second-order valence-corrected chi connectivity index (χ2v) is 4.93. The quantitative estimate of drug-likeness (QED) is 0.937. The number of fused-ring (bicyclic) bond motifs is 1. The predicted molar refractivity (Wildman–Crippen MR) is 77.7 cm³/mol. The number of rotatable bonds is 3. The Balaban J connectivity index is 1.67. The summed E-state index contributed by atoms with van der Waals surface area (Å²) in [4.78, 5) is 12.3. The van der Waals surface area contributed by atoms with Gasteiger partial charge >= 0.3 is 0 Å². The van der Waals surface area contributed by atoms with Crippen LogP contribution in [0.1, 0.15) is 22.6 Å². The number of hydrogen-bond acceptors (Lipinski definition) is 3. The third-order valence-corrected chi connectivity index (χ3v) is 3.54. The van der Waals surface area contributed by atoms with Gasteiger partial charge < -0.3 is 10.1 Å². The van der Waals surface area contributed by atoms with Crippen LogP contribution in [0, 0.1) is 11.3 Å². The molecular formula is C17H14N2O2. The highest BCUT2D eigenvalue weighted by Crippen LogP contribution is 2.33. The van der Waals surface area contributed by atoms with Crippen LogP contribution in [0.2, 0.25) is 0 Å². The van der Waals surface area contributed by atoms with Crippen molar-refractivity contribution in [2.45, 2.75) is 12.5 Å². The normalized spacial score (nSPS) is 15.7. The lowest BCUT2D eigenvalue weighted by molar-refractivity contribution is -0.122. The maximum atomic E-state index is 12.3. The average Bonchev–Trinajstić information content (AvgIpc) is 2.97. The maximum Gasteiger partial charge on any atom is 0.231 e. The molecule has 1 amide bonds. The van der Waals surface area contributed by atoms with Gasteiger partial charge in [-0.2, -0.15) is 5.26 Å². The third-order valence-electron chi connectivity index (χ3n) is 3.54. The Labute approximate surface area is 123 Å². The average molecular weight is 278 g/mol. The Morgan fingerprint density at radius 1 is 1.29 bits per heavy atom. The first-order valence-corrected chi connectivity index (χ1v) is 6.76. The van der Waals surface area contributed by atoms with Crippen LogP contribution in [0.15, 0.2) is 48.5 Å². The number of ether oxygens (including phenoxy) is 1. The van der Waals surface area contributed by atoms with Crippen molar-refractivity contribution in [1.29, 1.82) is 5.26 Å². The van der Waals surface area contributed by atoms with Crippen LogP contribution in [0.5, 0.6) is 5.75 Å². The Bertz CT molecular complexity index is 719. The lowest BCUT2D eigenvalue weighted by Crippen LogP contribution is -2.29. The predicted octanol–water partition coefficient (Wildman–Crippen LogP) is 2.35. The van der Waals surface area contributed by atoms with E-state index in [9.17, 15) is 4.79 Å². The molecule has 0 bridgehead atoms. The molecule has 4 heteroatoms. The van der Waals surface area contributed by atoms with Crippen LogP contribution in [-0.4, -0.2) is 12.5 Å². The molecule has 0 saturated carbocycles. The van der Waals surface area contributed by atoms with Gasteiger partial charge in [-0.3, -0.25) is 4.79 Å². The third kappa shape index (κ3) is 2.72. The van der Waals surface area contributed by atoms with Crippen LogP contribution in [0.25, 0.3) is 0 Å². The zero-order valence-corrected chi connectivity index (χ0v) is 11.4. The highest BCUT2D eigenvalue weighted by molar-refractivity contribution is 5.85. The smallest absolute Gasteiger partial charge is 0.231 e. The van der Waals surface area contributed by atoms with Crippen LogP contribution >= 0.6 is 0 Å². The molecule has 0 spiro atoms. The fraction of sp³-hybridized carbons (Fsp3) is 0.176. The van der Waals surface area contributed by atoms with E-state index in [4.69, 9.17) is 10.00 Å². The number of hydrogen-bond donors (Lipinski definition) is 1. The summed E-state index contributed by atoms with van der Waals surface area (Å²) >= 11 is 0. The van der Waals surface area contributed by atoms with Crippen molar-refractivity contribution in [3.63, 3.8) is 0 Å². The number of nitriles is 1. The molecule has 1 aliphatic heterocycles. The molecule has 0 aliphatic carbocycles. The Kier molecular flexibility index (Phi) is 3.57. The van der Waals surface area contributed by atoms with Crippen molar-refractivity contribution < 1.29 is 9.53 Å². The first-order chi connectivity index (χ1) is 10.3. The summed E-state index contributed by atoms with van der Waals surface area (Å²) in [6, 6.07) is 16.9. The molecule has 2 aromatic carbocycles. The minimum Gasteiger partial charge on any atom is -0.492 e. The molecule has 104 valence electrons. The van der Waals surface area contributed by atoms with Crippen molar-refractivity contribution in [1.82, 2.24) is 5.32 Å². The van der Waals surface area contributed by atoms with Crippen LogP contribution in [0.4, 0.5) is 0 Å². The van der Waals surface area contributed by atoms with E-state index in [1.165, 1.54) is 0 Å². The zero-order valence-electron chi connectivity index (χ0n) is 11.4. The van der Waals surface area contributed by atoms with E-state index < -0.39 is 0 Å². The van der Waals surface area contributed by atoms with Crippen molar-refractivity contribution in [3.8, 4) is 11.8 Å². The first kappa shape index (κ1) is 13.2. The Hall–Kier alpha value is -2.80. The Morgan fingerprint density at radius 3 is 3.00 bits per heavy atom. The number of carbonyl (C=O) groups is 1. The van der Waals surface area contributed by atoms with Crippen molar-refractivity contribution in [3.05, 3.63) is 65.2 Å². The molecule has 21 heavy (non-hydrogen) atoms. The molecule has 0 aromatic heterocycles. The monoisotopic (exact) mass is 278 g/mol. The van der Waals surface area contributed by atoms with E-state index in [0.717, 1.165) is 16.9 Å². The van der Waals surface area contributed by atoms with Gasteiger partial charge in [-0.25, -0.2) is 0 Å². The van der Waals surface area contributed by atoms with Gasteiger partial charge in [-0.15, -0.1) is 0 Å². The van der Waals surface area contributed by atoms with Gasteiger partial charge in [-0.05, 0) is 23.8 Å². The minimum atomic E-state index is -0.264. The summed E-state index contributed by atoms with van der Waals surface area (Å²) in [6.45, 7) is 0.788. The molecule has 0 radical (unpaired) electrons. The minimum absolute atomic E-state index is 0.0534. The van der Waals surface area contributed by atoms with Gasteiger partial charge in [-0.1, -0.05) is 30.3 Å². The van der Waals surface area contributed by atoms with Gasteiger partial charge in [0.2, 0.25) is 5.91 Å². The summed E-state index contributed by atoms with van der Waals surface area (Å²) in [6.07, 6.45) is 0. The van der Waals surface area contributed by atoms with Gasteiger partial charge in [0.05, 0.1) is 11.6 Å². The van der Waals surface area contributed by atoms with Crippen molar-refractivity contribution in [2.75, 3.05) is 6.61 Å². The second kappa shape index (κ2) is 5.68. The van der Waals surface area contributed by atoms with Gasteiger partial charge in [0.25, 0.3) is 0 Å². The van der Waals surface area contributed by atoms with Gasteiger partial charge in [0.1, 0.15) is 18.3 Å². The molecular weight excluding hydrogens is 264 g/mol. The molecule has 1 heterocycles. The number of benzene rings is 2. The molecule has 1 unspecified atom stereocenters. The number of carbonyl (C=O) groups excluding carboxylic acids is 1. The van der Waals surface area contributed by atoms with E-state index in [1.807, 2.05) is 36.4 Å². The molecule has 0 fully saturated rings. The van der Waals surface area contributed by atoms with Crippen LogP contribution < -0.4 is 10.1 Å². The lowest BCUT2D eigenvalue weighted by Gasteiger charge is -2.10. The number of nitrogens with zero attached hydrogens (tertiary/aromatic N) is 1. The van der Waals surface area contributed by atoms with Crippen molar-refractivity contribution >= 4 is 5.91 Å². The molecule has 0 saturated heterocycles. The van der Waals surface area contributed by atoms with E-state index in [2.05, 4.69) is 11.4 Å². The largest absolute Gasteiger partial charge is 0.492 e. The standard InChI is InChI=1S/C17H14N2O2/c18-9-12-4-3-5-13(8-12)10-19-17(20)15-11-21-16-7-2-1-6-14(15)16/h1-8,15H,10-11H2,(H,19,20). The first-order valence-electron chi connectivity index (χ1n) is 6.76. The number of amides is 1. The number of nitrogens with one attached hydrogen (secondary N) is 1. The summed E-state index contributed by atoms with van der Waals surface area (Å²) in [5, 5.41) is 11.8. The molecule has 4 nitrogen and oxygen atoms in total. The summed E-state index contributed by atoms with van der Waals surface area (Å²) in [5.41, 5.74) is 2.44. The molecule has 1 N–H and O–H groups in total. The fourth-order valence-electron chi connectivity index (χ4n) is 2.44. The van der Waals surface area contributed by atoms with E-state index in [-0.39, 0.29) is 11.8 Å². The SMILES string of the molecule is N#Cc1cccc(CNC(=O)C2COc3ccccc32)c1. The summed E-state index contributed by atoms with van der Waals surface area (Å²) in [7, 11) is 0. The fourth-order valence-corrected chi connectivity index (χ4v) is 2.44. The van der Waals surface area contributed by atoms with E-state index >= 15 is 0 Å². The van der Waals surface area contributed by atoms with Crippen molar-refractivity contribution in [2.24, 2.45) is 0 Å². The van der Waals surface area contributed by atoms with E-state index in [1.54, 1.807) is 12.1 Å². The highest BCUT2D eigenvalue weighted by atomic mass is 16.5. The van der Waals surface area contributed by atoms with Gasteiger partial charge in [0.15, 0.2) is 0 Å². The van der Waals surface area contributed by atoms with Crippen LogP contribution in [0.3, 0.4) is 0 Å². The molecule has 1 atom stereocenters. The Morgan fingerprint density at radius 2 is 2.14 bits per heavy atom. The molecule has 1 aliphatic rings. The maximum absolute atomic E-state index is 12.3. The van der Waals surface area contributed by atoms with E-state index in [0.29, 0.717) is 18.7 Å². The summed E-state index contributed by atoms with van der Waals surface area (Å²) in [5.74, 6) is 0.465. The van der Waals surface area contributed by atoms with Gasteiger partial charge in [0, 0.05) is 12.1 Å². The van der Waals surface area contributed by atoms with Crippen LogP contribution in [-0.2, 0) is 11.3 Å².